The first-order valence-corrected chi connectivity index (χ1v) is 10.5. The van der Waals surface area contributed by atoms with Gasteiger partial charge in [0.1, 0.15) is 5.75 Å². The fraction of sp³-hybridized carbons (Fsp3) is 0.565. The van der Waals surface area contributed by atoms with Crippen LogP contribution in [0.25, 0.3) is 0 Å². The van der Waals surface area contributed by atoms with E-state index in [1.165, 1.54) is 19.3 Å². The Morgan fingerprint density at radius 1 is 1.29 bits per heavy atom. The fourth-order valence-corrected chi connectivity index (χ4v) is 4.18. The molecule has 1 aliphatic carbocycles. The maximum Gasteiger partial charge on any atom is 0.265 e. The van der Waals surface area contributed by atoms with Gasteiger partial charge in [0.05, 0.1) is 5.69 Å². The molecule has 0 bridgehead atoms. The molecule has 1 N–H and O–H groups in total. The first kappa shape index (κ1) is 20.4. The van der Waals surface area contributed by atoms with Gasteiger partial charge in [0, 0.05) is 24.2 Å². The lowest BCUT2D eigenvalue weighted by atomic mass is 9.79. The summed E-state index contributed by atoms with van der Waals surface area (Å²) in [5.74, 6) is 1.53. The van der Waals surface area contributed by atoms with Crippen molar-refractivity contribution in [2.24, 2.45) is 11.8 Å². The van der Waals surface area contributed by atoms with Crippen molar-refractivity contribution in [2.45, 2.75) is 58.8 Å². The zero-order valence-corrected chi connectivity index (χ0v) is 17.1. The van der Waals surface area contributed by atoms with E-state index >= 15 is 0 Å². The van der Waals surface area contributed by atoms with Crippen LogP contribution in [0.3, 0.4) is 0 Å². The lowest BCUT2D eigenvalue weighted by Crippen LogP contribution is -2.39. The minimum Gasteiger partial charge on any atom is -0.481 e. The minimum atomic E-state index is -0.0767. The molecule has 0 atom stereocenters. The number of amides is 2. The molecule has 152 valence electrons. The van der Waals surface area contributed by atoms with Crippen molar-refractivity contribution in [3.63, 3.8) is 0 Å². The van der Waals surface area contributed by atoms with Gasteiger partial charge in [-0.3, -0.25) is 9.59 Å². The normalized spacial score (nSPS) is 21.6. The molecule has 1 aromatic carbocycles. The molecule has 1 aromatic rings. The first-order chi connectivity index (χ1) is 13.5. The third-order valence-corrected chi connectivity index (χ3v) is 5.78. The van der Waals surface area contributed by atoms with E-state index in [2.05, 4.69) is 18.8 Å². The minimum absolute atomic E-state index is 0.0133. The molecule has 2 aliphatic rings. The van der Waals surface area contributed by atoms with E-state index < -0.39 is 0 Å². The number of nitrogens with one attached hydrogen (secondary N) is 1. The van der Waals surface area contributed by atoms with Crippen molar-refractivity contribution in [1.82, 2.24) is 0 Å². The summed E-state index contributed by atoms with van der Waals surface area (Å²) >= 11 is 0. The van der Waals surface area contributed by atoms with Crippen LogP contribution in [0.2, 0.25) is 0 Å². The van der Waals surface area contributed by atoms with Gasteiger partial charge in [-0.2, -0.15) is 0 Å². The smallest absolute Gasteiger partial charge is 0.265 e. The van der Waals surface area contributed by atoms with Crippen LogP contribution >= 0.6 is 0 Å². The molecule has 0 spiro atoms. The molecule has 2 amide bonds. The van der Waals surface area contributed by atoms with E-state index in [1.54, 1.807) is 4.90 Å². The summed E-state index contributed by atoms with van der Waals surface area (Å²) in [4.78, 5) is 26.5. The molecule has 1 aliphatic heterocycles. The Labute approximate surface area is 168 Å². The number of hydrogen-bond donors (Lipinski definition) is 1. The second-order valence-corrected chi connectivity index (χ2v) is 8.26. The number of carbonyl (C=O) groups excluding carboxylic acids is 2. The lowest BCUT2D eigenvalue weighted by Gasteiger charge is -2.30. The molecule has 1 heterocycles. The summed E-state index contributed by atoms with van der Waals surface area (Å²) in [6.07, 6.45) is 8.10. The van der Waals surface area contributed by atoms with Gasteiger partial charge in [-0.1, -0.05) is 38.3 Å². The van der Waals surface area contributed by atoms with E-state index in [0.29, 0.717) is 12.3 Å². The Balaban J connectivity index is 1.60. The highest BCUT2D eigenvalue weighted by atomic mass is 16.5. The van der Waals surface area contributed by atoms with Crippen LogP contribution in [-0.2, 0) is 9.59 Å². The zero-order chi connectivity index (χ0) is 20.1. The van der Waals surface area contributed by atoms with Gasteiger partial charge in [-0.25, -0.2) is 0 Å². The van der Waals surface area contributed by atoms with E-state index in [1.807, 2.05) is 25.1 Å². The third-order valence-electron chi connectivity index (χ3n) is 5.78. The molecular formula is C23H32N2O3. The highest BCUT2D eigenvalue weighted by molar-refractivity contribution is 5.99. The number of ether oxygens (including phenoxy) is 1. The van der Waals surface area contributed by atoms with Crippen LogP contribution in [0, 0.1) is 11.8 Å². The molecule has 0 unspecified atom stereocenters. The van der Waals surface area contributed by atoms with Gasteiger partial charge >= 0.3 is 0 Å². The highest BCUT2D eigenvalue weighted by Gasteiger charge is 2.28. The van der Waals surface area contributed by atoms with E-state index in [9.17, 15) is 9.59 Å². The van der Waals surface area contributed by atoms with Crippen molar-refractivity contribution in [2.75, 3.05) is 23.4 Å². The molecule has 5 heteroatoms. The van der Waals surface area contributed by atoms with Gasteiger partial charge in [-0.05, 0) is 50.7 Å². The third kappa shape index (κ3) is 4.94. The monoisotopic (exact) mass is 384 g/mol. The van der Waals surface area contributed by atoms with Crippen LogP contribution in [0.15, 0.2) is 30.4 Å². The Bertz CT molecular complexity index is 735. The molecule has 0 radical (unpaired) electrons. The SMILES string of the molecule is C=C(C)CN1C(=O)COc2cc(NC(=O)C3CCC(CCCC)CC3)ccc21. The Kier molecular flexibility index (Phi) is 6.76. The number of unbranched alkanes of at least 4 members (excludes halogenated alkanes) is 1. The summed E-state index contributed by atoms with van der Waals surface area (Å²) in [5, 5.41) is 3.05. The molecule has 1 saturated carbocycles. The zero-order valence-electron chi connectivity index (χ0n) is 17.1. The van der Waals surface area contributed by atoms with Gasteiger partial charge in [0.25, 0.3) is 5.91 Å². The van der Waals surface area contributed by atoms with Gasteiger partial charge in [0.15, 0.2) is 6.61 Å². The predicted octanol–water partition coefficient (Wildman–Crippen LogP) is 4.92. The van der Waals surface area contributed by atoms with Crippen LogP contribution in [0.4, 0.5) is 11.4 Å². The van der Waals surface area contributed by atoms with E-state index in [-0.39, 0.29) is 24.3 Å². The molecule has 0 aromatic heterocycles. The summed E-state index contributed by atoms with van der Waals surface area (Å²) in [7, 11) is 0. The molecule has 5 nitrogen and oxygen atoms in total. The van der Waals surface area contributed by atoms with Crippen molar-refractivity contribution >= 4 is 23.2 Å². The number of fused-ring (bicyclic) bond motifs is 1. The van der Waals surface area contributed by atoms with E-state index in [4.69, 9.17) is 4.74 Å². The quantitative estimate of drug-likeness (QED) is 0.679. The van der Waals surface area contributed by atoms with Crippen molar-refractivity contribution in [1.29, 1.82) is 0 Å². The molecular weight excluding hydrogens is 352 g/mol. The molecule has 0 saturated heterocycles. The van der Waals surface area contributed by atoms with Crippen LogP contribution < -0.4 is 15.0 Å². The van der Waals surface area contributed by atoms with Crippen LogP contribution in [0.1, 0.15) is 58.8 Å². The summed E-state index contributed by atoms with van der Waals surface area (Å²) < 4.78 is 5.59. The van der Waals surface area contributed by atoms with Gasteiger partial charge in [0.2, 0.25) is 5.91 Å². The number of nitrogens with zero attached hydrogens (tertiary/aromatic N) is 1. The maximum absolute atomic E-state index is 12.7. The Hall–Kier alpha value is -2.30. The molecule has 28 heavy (non-hydrogen) atoms. The van der Waals surface area contributed by atoms with Crippen molar-refractivity contribution < 1.29 is 14.3 Å². The predicted molar refractivity (Wildman–Crippen MR) is 113 cm³/mol. The Morgan fingerprint density at radius 3 is 2.71 bits per heavy atom. The van der Waals surface area contributed by atoms with Crippen LogP contribution in [0.5, 0.6) is 5.75 Å². The highest BCUT2D eigenvalue weighted by Crippen LogP contribution is 2.36. The number of benzene rings is 1. The first-order valence-electron chi connectivity index (χ1n) is 10.5. The van der Waals surface area contributed by atoms with Crippen molar-refractivity contribution in [3.05, 3.63) is 30.4 Å². The second kappa shape index (κ2) is 9.26. The molecule has 3 rings (SSSR count). The van der Waals surface area contributed by atoms with Gasteiger partial charge in [-0.15, -0.1) is 0 Å². The number of rotatable bonds is 7. The number of anilines is 2. The average molecular weight is 385 g/mol. The summed E-state index contributed by atoms with van der Waals surface area (Å²) in [5.41, 5.74) is 2.36. The van der Waals surface area contributed by atoms with Gasteiger partial charge < -0.3 is 15.0 Å². The molecule has 1 fully saturated rings. The average Bonchev–Trinajstić information content (AvgIpc) is 2.68. The summed E-state index contributed by atoms with van der Waals surface area (Å²) in [6.45, 7) is 8.51. The Morgan fingerprint density at radius 2 is 2.04 bits per heavy atom. The number of carbonyl (C=O) groups is 2. The second-order valence-electron chi connectivity index (χ2n) is 8.26. The van der Waals surface area contributed by atoms with Crippen molar-refractivity contribution in [3.8, 4) is 5.75 Å². The van der Waals surface area contributed by atoms with E-state index in [0.717, 1.165) is 48.5 Å². The lowest BCUT2D eigenvalue weighted by molar-refractivity contribution is -0.122. The fourth-order valence-electron chi connectivity index (χ4n) is 4.18. The standard InChI is InChI=1S/C23H32N2O3/c1-4-5-6-17-7-9-18(10-8-17)23(27)24-19-11-12-20-21(13-19)28-15-22(26)25(20)14-16(2)3/h11-13,17-18H,2,4-10,14-15H2,1,3H3,(H,24,27). The topological polar surface area (TPSA) is 58.6 Å². The summed E-state index contributed by atoms with van der Waals surface area (Å²) in [6, 6.07) is 5.50. The maximum atomic E-state index is 12.7. The number of hydrogen-bond acceptors (Lipinski definition) is 3. The largest absolute Gasteiger partial charge is 0.481 e. The van der Waals surface area contributed by atoms with Crippen LogP contribution in [-0.4, -0.2) is 25.0 Å².